The first-order valence-corrected chi connectivity index (χ1v) is 5.29. The Labute approximate surface area is 97.6 Å². The third-order valence-electron chi connectivity index (χ3n) is 2.77. The molecule has 0 unspecified atom stereocenters. The molecule has 0 radical (unpaired) electrons. The highest BCUT2D eigenvalue weighted by atomic mass is 16.5. The van der Waals surface area contributed by atoms with Crippen LogP contribution in [0, 0.1) is 6.92 Å². The lowest BCUT2D eigenvalue weighted by molar-refractivity contribution is -0.115. The van der Waals surface area contributed by atoms with Crippen molar-refractivity contribution in [3.8, 4) is 11.3 Å². The molecule has 17 heavy (non-hydrogen) atoms. The molecule has 5 heteroatoms. The Kier molecular flexibility index (Phi) is 1.95. The molecule has 0 bridgehead atoms. The van der Waals surface area contributed by atoms with Gasteiger partial charge in [-0.05, 0) is 24.1 Å². The van der Waals surface area contributed by atoms with Gasteiger partial charge in [-0.15, -0.1) is 0 Å². The molecule has 0 saturated heterocycles. The van der Waals surface area contributed by atoms with Crippen molar-refractivity contribution in [3.05, 3.63) is 29.3 Å². The molecule has 3 N–H and O–H groups in total. The van der Waals surface area contributed by atoms with Gasteiger partial charge in [0, 0.05) is 11.6 Å². The van der Waals surface area contributed by atoms with Crippen molar-refractivity contribution in [2.24, 2.45) is 0 Å². The Balaban J connectivity index is 2.21. The highest BCUT2D eigenvalue weighted by Crippen LogP contribution is 2.36. The Morgan fingerprint density at radius 3 is 2.94 bits per heavy atom. The van der Waals surface area contributed by atoms with Crippen LogP contribution in [0.5, 0.6) is 0 Å². The number of anilines is 2. The van der Waals surface area contributed by atoms with Crippen molar-refractivity contribution in [1.82, 2.24) is 5.16 Å². The first kappa shape index (κ1) is 9.89. The second-order valence-electron chi connectivity index (χ2n) is 4.19. The Bertz CT molecular complexity index is 616. The maximum absolute atomic E-state index is 11.4. The molecular formula is C12H11N3O2. The quantitative estimate of drug-likeness (QED) is 0.780. The fourth-order valence-electron chi connectivity index (χ4n) is 2.12. The minimum atomic E-state index is -0.000614. The molecule has 0 aliphatic carbocycles. The molecule has 1 aromatic carbocycles. The van der Waals surface area contributed by atoms with Crippen LogP contribution in [0.2, 0.25) is 0 Å². The molecule has 0 spiro atoms. The number of carbonyl (C=O) groups is 1. The summed E-state index contributed by atoms with van der Waals surface area (Å²) in [7, 11) is 0. The molecule has 2 heterocycles. The van der Waals surface area contributed by atoms with E-state index in [1.165, 1.54) is 0 Å². The monoisotopic (exact) mass is 229 g/mol. The number of carbonyl (C=O) groups excluding carboxylic acids is 1. The van der Waals surface area contributed by atoms with E-state index < -0.39 is 0 Å². The van der Waals surface area contributed by atoms with Crippen LogP contribution in [-0.4, -0.2) is 11.1 Å². The minimum absolute atomic E-state index is 0.000614. The van der Waals surface area contributed by atoms with Gasteiger partial charge >= 0.3 is 0 Å². The van der Waals surface area contributed by atoms with E-state index in [4.69, 9.17) is 10.3 Å². The molecule has 3 rings (SSSR count). The minimum Gasteiger partial charge on any atom is -0.381 e. The number of benzene rings is 1. The van der Waals surface area contributed by atoms with Crippen LogP contribution in [0.3, 0.4) is 0 Å². The van der Waals surface area contributed by atoms with Crippen LogP contribution < -0.4 is 11.1 Å². The SMILES string of the molecule is Cc1cc2c(c(-c3cc(N)no3)c1)NC(=O)C2. The summed E-state index contributed by atoms with van der Waals surface area (Å²) < 4.78 is 5.14. The van der Waals surface area contributed by atoms with Crippen molar-refractivity contribution >= 4 is 17.4 Å². The lowest BCUT2D eigenvalue weighted by atomic mass is 10.0. The molecule has 5 nitrogen and oxygen atoms in total. The number of aromatic nitrogens is 1. The number of hydrogen-bond donors (Lipinski definition) is 2. The van der Waals surface area contributed by atoms with E-state index in [1.54, 1.807) is 6.07 Å². The number of hydrogen-bond acceptors (Lipinski definition) is 4. The third kappa shape index (κ3) is 1.56. The largest absolute Gasteiger partial charge is 0.381 e. The summed E-state index contributed by atoms with van der Waals surface area (Å²) >= 11 is 0. The number of fused-ring (bicyclic) bond motifs is 1. The summed E-state index contributed by atoms with van der Waals surface area (Å²) in [6.45, 7) is 1.98. The molecule has 0 saturated carbocycles. The lowest BCUT2D eigenvalue weighted by Gasteiger charge is -2.06. The first-order chi connectivity index (χ1) is 8.13. The van der Waals surface area contributed by atoms with Gasteiger partial charge in [0.2, 0.25) is 5.91 Å². The number of nitrogen functional groups attached to an aromatic ring is 1. The zero-order chi connectivity index (χ0) is 12.0. The zero-order valence-corrected chi connectivity index (χ0v) is 9.28. The van der Waals surface area contributed by atoms with Crippen molar-refractivity contribution < 1.29 is 9.32 Å². The highest BCUT2D eigenvalue weighted by Gasteiger charge is 2.23. The summed E-state index contributed by atoms with van der Waals surface area (Å²) in [6.07, 6.45) is 0.410. The van der Waals surface area contributed by atoms with E-state index in [2.05, 4.69) is 10.5 Å². The summed E-state index contributed by atoms with van der Waals surface area (Å²) in [5.74, 6) is 0.906. The number of rotatable bonds is 1. The third-order valence-corrected chi connectivity index (χ3v) is 2.77. The summed E-state index contributed by atoms with van der Waals surface area (Å²) in [6, 6.07) is 5.60. The van der Waals surface area contributed by atoms with Crippen LogP contribution in [0.1, 0.15) is 11.1 Å². The lowest BCUT2D eigenvalue weighted by Crippen LogP contribution is -2.04. The number of aryl methyl sites for hydroxylation is 1. The maximum Gasteiger partial charge on any atom is 0.228 e. The fourth-order valence-corrected chi connectivity index (χ4v) is 2.12. The average molecular weight is 229 g/mol. The summed E-state index contributed by atoms with van der Waals surface area (Å²) in [5.41, 5.74) is 9.23. The number of nitrogens with two attached hydrogens (primary N) is 1. The number of amides is 1. The first-order valence-electron chi connectivity index (χ1n) is 5.29. The second kappa shape index (κ2) is 3.35. The Morgan fingerprint density at radius 2 is 2.24 bits per heavy atom. The maximum atomic E-state index is 11.4. The molecule has 0 fully saturated rings. The van der Waals surface area contributed by atoms with Gasteiger partial charge in [0.25, 0.3) is 0 Å². The van der Waals surface area contributed by atoms with Crippen molar-refractivity contribution in [2.75, 3.05) is 11.1 Å². The van der Waals surface area contributed by atoms with Gasteiger partial charge in [-0.3, -0.25) is 4.79 Å². The molecule has 1 aromatic heterocycles. The van der Waals surface area contributed by atoms with Gasteiger partial charge in [-0.2, -0.15) is 0 Å². The second-order valence-corrected chi connectivity index (χ2v) is 4.19. The van der Waals surface area contributed by atoms with E-state index in [-0.39, 0.29) is 5.91 Å². The predicted molar refractivity (Wildman–Crippen MR) is 63.4 cm³/mol. The van der Waals surface area contributed by atoms with E-state index in [1.807, 2.05) is 19.1 Å². The molecule has 1 aliphatic rings. The van der Waals surface area contributed by atoms with Crippen LogP contribution in [-0.2, 0) is 11.2 Å². The molecule has 2 aromatic rings. The van der Waals surface area contributed by atoms with Crippen molar-refractivity contribution in [2.45, 2.75) is 13.3 Å². The molecule has 1 aliphatic heterocycles. The molecular weight excluding hydrogens is 218 g/mol. The normalized spacial score (nSPS) is 13.6. The summed E-state index contributed by atoms with van der Waals surface area (Å²) in [4.78, 5) is 11.4. The summed E-state index contributed by atoms with van der Waals surface area (Å²) in [5, 5.41) is 6.49. The van der Waals surface area contributed by atoms with Gasteiger partial charge in [0.1, 0.15) is 0 Å². The van der Waals surface area contributed by atoms with E-state index >= 15 is 0 Å². The Morgan fingerprint density at radius 1 is 1.41 bits per heavy atom. The molecule has 0 atom stereocenters. The van der Waals surface area contributed by atoms with Gasteiger partial charge in [-0.25, -0.2) is 0 Å². The topological polar surface area (TPSA) is 81.2 Å². The van der Waals surface area contributed by atoms with E-state index in [9.17, 15) is 4.79 Å². The van der Waals surface area contributed by atoms with E-state index in [0.29, 0.717) is 18.0 Å². The van der Waals surface area contributed by atoms with Gasteiger partial charge < -0.3 is 15.6 Å². The smallest absolute Gasteiger partial charge is 0.228 e. The number of nitrogens with zero attached hydrogens (tertiary/aromatic N) is 1. The predicted octanol–water partition coefficient (Wildman–Crippen LogP) is 1.73. The average Bonchev–Trinajstić information content (AvgIpc) is 2.82. The highest BCUT2D eigenvalue weighted by molar-refractivity contribution is 6.03. The van der Waals surface area contributed by atoms with E-state index in [0.717, 1.165) is 22.4 Å². The molecule has 1 amide bonds. The van der Waals surface area contributed by atoms with Crippen LogP contribution in [0.4, 0.5) is 11.5 Å². The van der Waals surface area contributed by atoms with Gasteiger partial charge in [-0.1, -0.05) is 11.2 Å². The Hall–Kier alpha value is -2.30. The fraction of sp³-hybridized carbons (Fsp3) is 0.167. The van der Waals surface area contributed by atoms with Crippen molar-refractivity contribution in [3.63, 3.8) is 0 Å². The number of nitrogens with one attached hydrogen (secondary N) is 1. The standard InChI is InChI=1S/C12H11N3O2/c1-6-2-7-4-11(16)14-12(7)8(3-6)9-5-10(13)15-17-9/h2-3,5H,4H2,1H3,(H2,13,15)(H,14,16). The van der Waals surface area contributed by atoms with Crippen LogP contribution >= 0.6 is 0 Å². The van der Waals surface area contributed by atoms with Gasteiger partial charge in [0.15, 0.2) is 11.6 Å². The zero-order valence-electron chi connectivity index (χ0n) is 9.28. The molecule has 86 valence electrons. The van der Waals surface area contributed by atoms with Crippen molar-refractivity contribution in [1.29, 1.82) is 0 Å². The van der Waals surface area contributed by atoms with Gasteiger partial charge in [0.05, 0.1) is 12.1 Å². The van der Waals surface area contributed by atoms with Crippen LogP contribution in [0.25, 0.3) is 11.3 Å². The van der Waals surface area contributed by atoms with Crippen LogP contribution in [0.15, 0.2) is 22.7 Å².